The van der Waals surface area contributed by atoms with Crippen molar-refractivity contribution in [2.75, 3.05) is 19.0 Å². The van der Waals surface area contributed by atoms with Gasteiger partial charge in [0, 0.05) is 5.75 Å². The van der Waals surface area contributed by atoms with Crippen LogP contribution in [0, 0.1) is 5.92 Å². The maximum Gasteiger partial charge on any atom is 0.327 e. The van der Waals surface area contributed by atoms with Gasteiger partial charge in [0.05, 0.1) is 13.2 Å². The first kappa shape index (κ1) is 24.1. The fourth-order valence-electron chi connectivity index (χ4n) is 1.79. The number of carboxylic acid groups (broad SMARTS) is 1. The van der Waals surface area contributed by atoms with Crippen molar-refractivity contribution in [3.05, 3.63) is 0 Å². The van der Waals surface area contributed by atoms with E-state index < -0.39 is 67.0 Å². The lowest BCUT2D eigenvalue weighted by molar-refractivity contribution is -0.142. The van der Waals surface area contributed by atoms with Gasteiger partial charge in [-0.15, -0.1) is 0 Å². The van der Waals surface area contributed by atoms with Crippen LogP contribution in [-0.2, 0) is 19.2 Å². The number of nitrogens with two attached hydrogens (primary N) is 1. The second-order valence-corrected chi connectivity index (χ2v) is 6.21. The molecular weight excluding hydrogens is 368 g/mol. The molecule has 4 atom stereocenters. The van der Waals surface area contributed by atoms with Gasteiger partial charge in [-0.1, -0.05) is 13.8 Å². The molecule has 0 aromatic rings. The Balaban J connectivity index is 5.06. The molecule has 3 amide bonds. The average molecular weight is 394 g/mol. The van der Waals surface area contributed by atoms with Crippen LogP contribution in [-0.4, -0.2) is 82.1 Å². The predicted molar refractivity (Wildman–Crippen MR) is 94.3 cm³/mol. The van der Waals surface area contributed by atoms with E-state index in [2.05, 4.69) is 28.6 Å². The Morgan fingerprint density at radius 1 is 0.923 bits per heavy atom. The fourth-order valence-corrected chi connectivity index (χ4v) is 2.04. The highest BCUT2D eigenvalue weighted by Crippen LogP contribution is 2.04. The lowest BCUT2D eigenvalue weighted by atomic mass is 10.0. The maximum absolute atomic E-state index is 12.3. The third kappa shape index (κ3) is 7.56. The standard InChI is InChI=1S/C14H26N4O7S/c1-6(2)10(13(23)17-9(5-26)14(24)25)18-12(22)8(4-20)16-11(21)7(15)3-19/h6-10,19-20,26H,3-5,15H2,1-2H3,(H,16,21)(H,17,23)(H,18,22)(H,24,25). The van der Waals surface area contributed by atoms with Crippen molar-refractivity contribution in [3.8, 4) is 0 Å². The molecule has 0 rings (SSSR count). The number of aliphatic hydroxyl groups is 2. The number of carboxylic acids is 1. The summed E-state index contributed by atoms with van der Waals surface area (Å²) < 4.78 is 0. The average Bonchev–Trinajstić information content (AvgIpc) is 2.59. The Bertz CT molecular complexity index is 518. The van der Waals surface area contributed by atoms with E-state index in [0.29, 0.717) is 0 Å². The third-order valence-electron chi connectivity index (χ3n) is 3.39. The topological polar surface area (TPSA) is 191 Å². The number of rotatable bonds is 11. The van der Waals surface area contributed by atoms with E-state index in [-0.39, 0.29) is 5.75 Å². The van der Waals surface area contributed by atoms with E-state index in [1.165, 1.54) is 0 Å². The largest absolute Gasteiger partial charge is 0.480 e. The number of amides is 3. The normalized spacial score (nSPS) is 15.5. The van der Waals surface area contributed by atoms with Crippen LogP contribution in [0.1, 0.15) is 13.8 Å². The van der Waals surface area contributed by atoms with Crippen molar-refractivity contribution in [1.29, 1.82) is 0 Å². The monoisotopic (exact) mass is 394 g/mol. The minimum Gasteiger partial charge on any atom is -0.480 e. The minimum absolute atomic E-state index is 0.145. The van der Waals surface area contributed by atoms with Gasteiger partial charge >= 0.3 is 5.97 Å². The van der Waals surface area contributed by atoms with Crippen molar-refractivity contribution in [2.24, 2.45) is 11.7 Å². The maximum atomic E-state index is 12.3. The summed E-state index contributed by atoms with van der Waals surface area (Å²) in [5.74, 6) is -4.30. The molecule has 0 aliphatic heterocycles. The smallest absolute Gasteiger partial charge is 0.327 e. The molecular formula is C14H26N4O7S. The Morgan fingerprint density at radius 2 is 1.46 bits per heavy atom. The van der Waals surface area contributed by atoms with Gasteiger partial charge in [-0.2, -0.15) is 12.6 Å². The van der Waals surface area contributed by atoms with Crippen LogP contribution in [0.25, 0.3) is 0 Å². The Kier molecular flexibility index (Phi) is 10.8. The molecule has 0 saturated heterocycles. The van der Waals surface area contributed by atoms with Gasteiger partial charge in [0.1, 0.15) is 24.2 Å². The minimum atomic E-state index is -1.39. The Hall–Kier alpha value is -1.89. The number of carbonyl (C=O) groups excluding carboxylic acids is 3. The highest BCUT2D eigenvalue weighted by atomic mass is 32.1. The first-order chi connectivity index (χ1) is 12.1. The Morgan fingerprint density at radius 3 is 1.85 bits per heavy atom. The number of hydrogen-bond donors (Lipinski definition) is 8. The lowest BCUT2D eigenvalue weighted by Gasteiger charge is -2.26. The van der Waals surface area contributed by atoms with E-state index in [9.17, 15) is 24.3 Å². The fraction of sp³-hybridized carbons (Fsp3) is 0.714. The molecule has 0 aromatic carbocycles. The molecule has 12 heteroatoms. The Labute approximate surface area is 156 Å². The molecule has 0 bridgehead atoms. The van der Waals surface area contributed by atoms with Gasteiger partial charge in [0.25, 0.3) is 0 Å². The number of aliphatic hydroxyl groups excluding tert-OH is 2. The van der Waals surface area contributed by atoms with Gasteiger partial charge in [-0.25, -0.2) is 4.79 Å². The van der Waals surface area contributed by atoms with Crippen molar-refractivity contribution >= 4 is 36.3 Å². The number of thiol groups is 1. The van der Waals surface area contributed by atoms with Gasteiger partial charge in [0.15, 0.2) is 0 Å². The summed E-state index contributed by atoms with van der Waals surface area (Å²) in [5, 5.41) is 33.8. The van der Waals surface area contributed by atoms with Crippen molar-refractivity contribution in [2.45, 2.75) is 38.0 Å². The molecule has 0 aliphatic rings. The molecule has 0 saturated carbocycles. The number of carbonyl (C=O) groups is 4. The number of hydrogen-bond acceptors (Lipinski definition) is 8. The van der Waals surface area contributed by atoms with Gasteiger partial charge in [-0.3, -0.25) is 14.4 Å². The second kappa shape index (κ2) is 11.7. The van der Waals surface area contributed by atoms with Crippen molar-refractivity contribution in [3.63, 3.8) is 0 Å². The molecule has 0 fully saturated rings. The number of aliphatic carboxylic acids is 1. The van der Waals surface area contributed by atoms with Crippen LogP contribution >= 0.6 is 12.6 Å². The number of nitrogens with one attached hydrogen (secondary N) is 3. The molecule has 0 aliphatic carbocycles. The van der Waals surface area contributed by atoms with Crippen LogP contribution in [0.5, 0.6) is 0 Å². The highest BCUT2D eigenvalue weighted by Gasteiger charge is 2.31. The first-order valence-electron chi connectivity index (χ1n) is 7.81. The summed E-state index contributed by atoms with van der Waals surface area (Å²) in [7, 11) is 0. The molecule has 11 nitrogen and oxygen atoms in total. The zero-order valence-corrected chi connectivity index (χ0v) is 15.4. The van der Waals surface area contributed by atoms with Crippen molar-refractivity contribution < 1.29 is 34.5 Å². The summed E-state index contributed by atoms with van der Waals surface area (Å²) in [6.07, 6.45) is 0. The lowest BCUT2D eigenvalue weighted by Crippen LogP contribution is -2.59. The summed E-state index contributed by atoms with van der Waals surface area (Å²) in [6, 6.07) is -5.01. The highest BCUT2D eigenvalue weighted by molar-refractivity contribution is 7.80. The summed E-state index contributed by atoms with van der Waals surface area (Å²) in [4.78, 5) is 47.1. The van der Waals surface area contributed by atoms with Crippen LogP contribution in [0.3, 0.4) is 0 Å². The zero-order valence-electron chi connectivity index (χ0n) is 14.5. The third-order valence-corrected chi connectivity index (χ3v) is 3.76. The van der Waals surface area contributed by atoms with Gasteiger partial charge in [-0.05, 0) is 5.92 Å². The first-order valence-corrected chi connectivity index (χ1v) is 8.44. The zero-order chi connectivity index (χ0) is 20.4. The second-order valence-electron chi connectivity index (χ2n) is 5.85. The molecule has 0 heterocycles. The van der Waals surface area contributed by atoms with E-state index in [4.69, 9.17) is 15.9 Å². The molecule has 150 valence electrons. The van der Waals surface area contributed by atoms with E-state index >= 15 is 0 Å². The molecule has 8 N–H and O–H groups in total. The van der Waals surface area contributed by atoms with Crippen molar-refractivity contribution in [1.82, 2.24) is 16.0 Å². The summed E-state index contributed by atoms with van der Waals surface area (Å²) in [6.45, 7) is 1.82. The quantitative estimate of drug-likeness (QED) is 0.165. The van der Waals surface area contributed by atoms with Gasteiger partial charge < -0.3 is 37.0 Å². The predicted octanol–water partition coefficient (Wildman–Crippen LogP) is -3.58. The summed E-state index contributed by atoms with van der Waals surface area (Å²) in [5.41, 5.74) is 5.31. The van der Waals surface area contributed by atoms with E-state index in [1.807, 2.05) is 0 Å². The van der Waals surface area contributed by atoms with E-state index in [1.54, 1.807) is 13.8 Å². The molecule has 26 heavy (non-hydrogen) atoms. The summed E-state index contributed by atoms with van der Waals surface area (Å²) >= 11 is 3.84. The molecule has 0 radical (unpaired) electrons. The molecule has 0 spiro atoms. The van der Waals surface area contributed by atoms with Gasteiger partial charge in [0.2, 0.25) is 17.7 Å². The van der Waals surface area contributed by atoms with Crippen LogP contribution < -0.4 is 21.7 Å². The SMILES string of the molecule is CC(C)C(NC(=O)C(CO)NC(=O)C(N)CO)C(=O)NC(CS)C(=O)O. The molecule has 4 unspecified atom stereocenters. The van der Waals surface area contributed by atoms with Crippen LogP contribution in [0.2, 0.25) is 0 Å². The molecule has 0 aromatic heterocycles. The van der Waals surface area contributed by atoms with Crippen LogP contribution in [0.15, 0.2) is 0 Å². The van der Waals surface area contributed by atoms with Crippen LogP contribution in [0.4, 0.5) is 0 Å². The van der Waals surface area contributed by atoms with E-state index in [0.717, 1.165) is 0 Å².